The van der Waals surface area contributed by atoms with Crippen LogP contribution in [0.3, 0.4) is 0 Å². The molecule has 16 heavy (non-hydrogen) atoms. The van der Waals surface area contributed by atoms with Crippen LogP contribution in [0.25, 0.3) is 0 Å². The van der Waals surface area contributed by atoms with Crippen molar-refractivity contribution in [1.82, 2.24) is 0 Å². The molecule has 0 saturated carbocycles. The van der Waals surface area contributed by atoms with E-state index in [9.17, 15) is 9.59 Å². The van der Waals surface area contributed by atoms with E-state index in [0.29, 0.717) is 6.42 Å². The molecule has 84 valence electrons. The zero-order valence-corrected chi connectivity index (χ0v) is 9.18. The predicted octanol–water partition coefficient (Wildman–Crippen LogP) is 2.06. The van der Waals surface area contributed by atoms with Crippen LogP contribution in [0, 0.1) is 0 Å². The number of ketones is 2. The summed E-state index contributed by atoms with van der Waals surface area (Å²) < 4.78 is 5.60. The van der Waals surface area contributed by atoms with Crippen molar-refractivity contribution >= 4 is 11.6 Å². The molecule has 0 amide bonds. The Labute approximate surface area is 94.4 Å². The lowest BCUT2D eigenvalue weighted by Gasteiger charge is -2.11. The van der Waals surface area contributed by atoms with Gasteiger partial charge in [0.2, 0.25) is 0 Å². The highest BCUT2D eigenvalue weighted by Crippen LogP contribution is 2.31. The Kier molecular flexibility index (Phi) is 3.15. The van der Waals surface area contributed by atoms with E-state index in [0.717, 1.165) is 5.56 Å². The van der Waals surface area contributed by atoms with Crippen LogP contribution in [0.2, 0.25) is 0 Å². The zero-order valence-electron chi connectivity index (χ0n) is 9.18. The fraction of sp³-hybridized carbons (Fsp3) is 0.385. The third kappa shape index (κ3) is 2.36. The fourth-order valence-corrected chi connectivity index (χ4v) is 1.92. The van der Waals surface area contributed by atoms with Crippen molar-refractivity contribution < 1.29 is 14.3 Å². The van der Waals surface area contributed by atoms with E-state index >= 15 is 0 Å². The average Bonchev–Trinajstić information content (AvgIpc) is 2.61. The summed E-state index contributed by atoms with van der Waals surface area (Å²) in [7, 11) is 0. The van der Waals surface area contributed by atoms with E-state index in [1.54, 1.807) is 0 Å². The Balaban J connectivity index is 2.07. The highest BCUT2D eigenvalue weighted by molar-refractivity contribution is 5.90. The Morgan fingerprint density at radius 2 is 2.06 bits per heavy atom. The first kappa shape index (κ1) is 11.0. The van der Waals surface area contributed by atoms with Crippen LogP contribution in [-0.4, -0.2) is 17.7 Å². The lowest BCUT2D eigenvalue weighted by atomic mass is 10.0. The quantitative estimate of drug-likeness (QED) is 0.780. The van der Waals surface area contributed by atoms with Crippen molar-refractivity contribution in [3.63, 3.8) is 0 Å². The molecule has 0 bridgehead atoms. The van der Waals surface area contributed by atoms with E-state index in [-0.39, 0.29) is 24.1 Å². The number of rotatable bonds is 3. The van der Waals surface area contributed by atoms with Gasteiger partial charge in [-0.1, -0.05) is 30.3 Å². The Hall–Kier alpha value is -1.48. The van der Waals surface area contributed by atoms with Gasteiger partial charge in [-0.2, -0.15) is 0 Å². The van der Waals surface area contributed by atoms with Gasteiger partial charge in [0.05, 0.1) is 6.10 Å². The van der Waals surface area contributed by atoms with Gasteiger partial charge >= 0.3 is 0 Å². The molecule has 2 rings (SSSR count). The first-order valence-electron chi connectivity index (χ1n) is 5.39. The molecule has 2 atom stereocenters. The standard InChI is InChI=1S/C13H14O3/c1-9(14)7-13-11(15)8-12(16-13)10-5-3-2-4-6-10/h2-6,12-13H,7-8H2,1H3. The molecular weight excluding hydrogens is 204 g/mol. The largest absolute Gasteiger partial charge is 0.362 e. The summed E-state index contributed by atoms with van der Waals surface area (Å²) in [4.78, 5) is 22.6. The summed E-state index contributed by atoms with van der Waals surface area (Å²) in [6.45, 7) is 1.48. The van der Waals surface area contributed by atoms with E-state index in [1.165, 1.54) is 6.92 Å². The van der Waals surface area contributed by atoms with Gasteiger partial charge in [-0.15, -0.1) is 0 Å². The lowest BCUT2D eigenvalue weighted by Crippen LogP contribution is -2.18. The molecule has 1 aromatic rings. The monoisotopic (exact) mass is 218 g/mol. The van der Waals surface area contributed by atoms with Gasteiger partial charge in [-0.3, -0.25) is 9.59 Å². The minimum Gasteiger partial charge on any atom is -0.362 e. The second kappa shape index (κ2) is 4.58. The van der Waals surface area contributed by atoms with Crippen LogP contribution in [0.5, 0.6) is 0 Å². The minimum atomic E-state index is -0.539. The van der Waals surface area contributed by atoms with Crippen LogP contribution in [0.1, 0.15) is 31.4 Å². The number of hydrogen-bond acceptors (Lipinski definition) is 3. The van der Waals surface area contributed by atoms with E-state index in [2.05, 4.69) is 0 Å². The predicted molar refractivity (Wildman–Crippen MR) is 59.0 cm³/mol. The molecule has 1 heterocycles. The molecule has 1 saturated heterocycles. The van der Waals surface area contributed by atoms with Crippen LogP contribution in [0.4, 0.5) is 0 Å². The van der Waals surface area contributed by atoms with Gasteiger partial charge in [0.1, 0.15) is 11.9 Å². The van der Waals surface area contributed by atoms with E-state index in [4.69, 9.17) is 4.74 Å². The molecule has 1 fully saturated rings. The molecule has 2 unspecified atom stereocenters. The summed E-state index contributed by atoms with van der Waals surface area (Å²) in [5, 5.41) is 0. The maximum atomic E-state index is 11.6. The maximum absolute atomic E-state index is 11.6. The highest BCUT2D eigenvalue weighted by atomic mass is 16.5. The molecular formula is C13H14O3. The van der Waals surface area contributed by atoms with Crippen LogP contribution in [-0.2, 0) is 14.3 Å². The number of hydrogen-bond donors (Lipinski definition) is 0. The molecule has 3 nitrogen and oxygen atoms in total. The molecule has 0 spiro atoms. The summed E-state index contributed by atoms with van der Waals surface area (Å²) in [5.41, 5.74) is 1.00. The normalized spacial score (nSPS) is 24.7. The summed E-state index contributed by atoms with van der Waals surface area (Å²) in [6, 6.07) is 9.64. The average molecular weight is 218 g/mol. The lowest BCUT2D eigenvalue weighted by molar-refractivity contribution is -0.128. The van der Waals surface area contributed by atoms with E-state index < -0.39 is 6.10 Å². The molecule has 1 aliphatic rings. The highest BCUT2D eigenvalue weighted by Gasteiger charge is 2.34. The molecule has 0 aromatic heterocycles. The summed E-state index contributed by atoms with van der Waals surface area (Å²) in [6.07, 6.45) is -0.148. The fourth-order valence-electron chi connectivity index (χ4n) is 1.92. The Morgan fingerprint density at radius 1 is 1.38 bits per heavy atom. The molecule has 1 aliphatic heterocycles. The van der Waals surface area contributed by atoms with Gasteiger partial charge in [-0.25, -0.2) is 0 Å². The van der Waals surface area contributed by atoms with Gasteiger partial charge in [-0.05, 0) is 12.5 Å². The van der Waals surface area contributed by atoms with E-state index in [1.807, 2.05) is 30.3 Å². The van der Waals surface area contributed by atoms with Gasteiger partial charge in [0.25, 0.3) is 0 Å². The first-order chi connectivity index (χ1) is 7.66. The summed E-state index contributed by atoms with van der Waals surface area (Å²) in [5.74, 6) is 0.0242. The molecule has 1 aromatic carbocycles. The topological polar surface area (TPSA) is 43.4 Å². The van der Waals surface area contributed by atoms with Crippen molar-refractivity contribution in [2.45, 2.75) is 32.0 Å². The second-order valence-electron chi connectivity index (χ2n) is 4.10. The third-order valence-corrected chi connectivity index (χ3v) is 2.72. The third-order valence-electron chi connectivity index (χ3n) is 2.72. The van der Waals surface area contributed by atoms with Crippen LogP contribution in [0.15, 0.2) is 30.3 Å². The van der Waals surface area contributed by atoms with Gasteiger partial charge in [0, 0.05) is 12.8 Å². The smallest absolute Gasteiger partial charge is 0.164 e. The van der Waals surface area contributed by atoms with Crippen molar-refractivity contribution in [2.24, 2.45) is 0 Å². The number of Topliss-reactive ketones (excluding diaryl/α,β-unsaturated/α-hetero) is 2. The Bertz CT molecular complexity index is 397. The van der Waals surface area contributed by atoms with Crippen LogP contribution < -0.4 is 0 Å². The van der Waals surface area contributed by atoms with Crippen LogP contribution >= 0.6 is 0 Å². The number of ether oxygens (including phenoxy) is 1. The maximum Gasteiger partial charge on any atom is 0.164 e. The number of carbonyl (C=O) groups excluding carboxylic acids is 2. The van der Waals surface area contributed by atoms with Crippen molar-refractivity contribution in [1.29, 1.82) is 0 Å². The number of carbonyl (C=O) groups is 2. The number of benzene rings is 1. The van der Waals surface area contributed by atoms with Crippen molar-refractivity contribution in [3.8, 4) is 0 Å². The molecule has 0 radical (unpaired) electrons. The molecule has 0 N–H and O–H groups in total. The SMILES string of the molecule is CC(=O)CC1OC(c2ccccc2)CC1=O. The molecule has 3 heteroatoms. The van der Waals surface area contributed by atoms with Crippen molar-refractivity contribution in [3.05, 3.63) is 35.9 Å². The van der Waals surface area contributed by atoms with Gasteiger partial charge < -0.3 is 4.74 Å². The summed E-state index contributed by atoms with van der Waals surface area (Å²) >= 11 is 0. The minimum absolute atomic E-state index is 0.00735. The van der Waals surface area contributed by atoms with Crippen molar-refractivity contribution in [2.75, 3.05) is 0 Å². The second-order valence-corrected chi connectivity index (χ2v) is 4.10. The molecule has 0 aliphatic carbocycles. The Morgan fingerprint density at radius 3 is 2.69 bits per heavy atom. The first-order valence-corrected chi connectivity index (χ1v) is 5.39. The van der Waals surface area contributed by atoms with Gasteiger partial charge in [0.15, 0.2) is 5.78 Å². The zero-order chi connectivity index (χ0) is 11.5.